The first-order chi connectivity index (χ1) is 7.16. The van der Waals surface area contributed by atoms with Gasteiger partial charge in [0.1, 0.15) is 6.10 Å². The van der Waals surface area contributed by atoms with Crippen LogP contribution in [0.1, 0.15) is 38.2 Å². The molecule has 0 spiro atoms. The van der Waals surface area contributed by atoms with E-state index in [2.05, 4.69) is 0 Å². The predicted octanol–water partition coefficient (Wildman–Crippen LogP) is 2.52. The highest BCUT2D eigenvalue weighted by atomic mass is 16.3. The number of carbonyl (C=O) groups is 1. The summed E-state index contributed by atoms with van der Waals surface area (Å²) in [5.41, 5.74) is 0.970. The largest absolute Gasteiger partial charge is 0.385 e. The van der Waals surface area contributed by atoms with E-state index in [1.54, 1.807) is 0 Å². The number of rotatable bonds is 5. The zero-order chi connectivity index (χ0) is 11.3. The number of hydrogen-bond donors (Lipinski definition) is 1. The fraction of sp³-hybridized carbons (Fsp3) is 0.462. The highest BCUT2D eigenvalue weighted by molar-refractivity contribution is 5.89. The molecule has 0 saturated carbocycles. The van der Waals surface area contributed by atoms with Crippen molar-refractivity contribution in [2.75, 3.05) is 0 Å². The van der Waals surface area contributed by atoms with Gasteiger partial charge >= 0.3 is 0 Å². The van der Waals surface area contributed by atoms with E-state index in [4.69, 9.17) is 0 Å². The number of aliphatic hydroxyl groups excluding tert-OH is 1. The third kappa shape index (κ3) is 3.17. The van der Waals surface area contributed by atoms with Crippen LogP contribution in [0.15, 0.2) is 30.3 Å². The molecule has 0 aliphatic carbocycles. The molecule has 2 nitrogen and oxygen atoms in total. The third-order valence-electron chi connectivity index (χ3n) is 2.62. The Morgan fingerprint density at radius 3 is 2.47 bits per heavy atom. The van der Waals surface area contributed by atoms with E-state index in [1.807, 2.05) is 44.2 Å². The molecule has 0 saturated heterocycles. The van der Waals surface area contributed by atoms with Crippen LogP contribution in [0.2, 0.25) is 0 Å². The lowest BCUT2D eigenvalue weighted by atomic mass is 9.92. The number of benzene rings is 1. The van der Waals surface area contributed by atoms with Crippen LogP contribution in [-0.4, -0.2) is 17.0 Å². The van der Waals surface area contributed by atoms with Gasteiger partial charge in [-0.2, -0.15) is 0 Å². The van der Waals surface area contributed by atoms with Gasteiger partial charge in [0, 0.05) is 5.92 Å². The normalized spacial score (nSPS) is 14.6. The zero-order valence-electron chi connectivity index (χ0n) is 9.31. The van der Waals surface area contributed by atoms with E-state index in [-0.39, 0.29) is 11.7 Å². The van der Waals surface area contributed by atoms with Crippen LogP contribution in [0.4, 0.5) is 0 Å². The highest BCUT2D eigenvalue weighted by Crippen LogP contribution is 2.18. The Morgan fingerprint density at radius 1 is 1.33 bits per heavy atom. The summed E-state index contributed by atoms with van der Waals surface area (Å²) in [4.78, 5) is 11.8. The van der Waals surface area contributed by atoms with Crippen molar-refractivity contribution in [1.82, 2.24) is 0 Å². The van der Waals surface area contributed by atoms with Crippen LogP contribution >= 0.6 is 0 Å². The summed E-state index contributed by atoms with van der Waals surface area (Å²) in [6.07, 6.45) is 0.565. The summed E-state index contributed by atoms with van der Waals surface area (Å²) in [6.45, 7) is 3.81. The van der Waals surface area contributed by atoms with Crippen molar-refractivity contribution in [2.24, 2.45) is 0 Å². The van der Waals surface area contributed by atoms with Crippen LogP contribution in [0.5, 0.6) is 0 Å². The van der Waals surface area contributed by atoms with E-state index in [1.165, 1.54) is 0 Å². The Bertz CT molecular complexity index is 306. The zero-order valence-corrected chi connectivity index (χ0v) is 9.31. The van der Waals surface area contributed by atoms with Gasteiger partial charge in [0.15, 0.2) is 5.78 Å². The summed E-state index contributed by atoms with van der Waals surface area (Å²) in [5, 5.41) is 9.60. The molecule has 0 aromatic heterocycles. The third-order valence-corrected chi connectivity index (χ3v) is 2.62. The van der Waals surface area contributed by atoms with Crippen molar-refractivity contribution in [3.05, 3.63) is 35.9 Å². The van der Waals surface area contributed by atoms with E-state index < -0.39 is 6.10 Å². The molecule has 0 heterocycles. The molecule has 1 N–H and O–H groups in total. The van der Waals surface area contributed by atoms with E-state index >= 15 is 0 Å². The summed E-state index contributed by atoms with van der Waals surface area (Å²) < 4.78 is 0. The lowest BCUT2D eigenvalue weighted by molar-refractivity contribution is -0.128. The van der Waals surface area contributed by atoms with Gasteiger partial charge in [0.25, 0.3) is 0 Å². The molecule has 0 aliphatic rings. The maximum atomic E-state index is 11.8. The van der Waals surface area contributed by atoms with Crippen LogP contribution in [0, 0.1) is 0 Å². The monoisotopic (exact) mass is 206 g/mol. The first-order valence-electron chi connectivity index (χ1n) is 5.43. The lowest BCUT2D eigenvalue weighted by Crippen LogP contribution is -2.25. The minimum Gasteiger partial charge on any atom is -0.385 e. The van der Waals surface area contributed by atoms with Gasteiger partial charge in [-0.25, -0.2) is 0 Å². The SMILES string of the molecule is CCCC(O)C(=O)C(C)c1ccccc1. The second kappa shape index (κ2) is 5.66. The van der Waals surface area contributed by atoms with E-state index in [0.717, 1.165) is 12.0 Å². The summed E-state index contributed by atoms with van der Waals surface area (Å²) in [7, 11) is 0. The maximum Gasteiger partial charge on any atom is 0.168 e. The van der Waals surface area contributed by atoms with Gasteiger partial charge in [0.2, 0.25) is 0 Å². The molecule has 0 fully saturated rings. The fourth-order valence-electron chi connectivity index (χ4n) is 1.61. The summed E-state index contributed by atoms with van der Waals surface area (Å²) in [5.74, 6) is -0.296. The van der Waals surface area contributed by atoms with Crippen LogP contribution < -0.4 is 0 Å². The standard InChI is InChI=1S/C13H18O2/c1-3-7-12(14)13(15)10(2)11-8-5-4-6-9-11/h4-6,8-10,12,14H,3,7H2,1-2H3. The van der Waals surface area contributed by atoms with Gasteiger partial charge in [-0.15, -0.1) is 0 Å². The maximum absolute atomic E-state index is 11.8. The van der Waals surface area contributed by atoms with Gasteiger partial charge in [-0.05, 0) is 12.0 Å². The molecular weight excluding hydrogens is 188 g/mol. The van der Waals surface area contributed by atoms with Gasteiger partial charge in [0.05, 0.1) is 0 Å². The minimum atomic E-state index is -0.815. The van der Waals surface area contributed by atoms with Crippen LogP contribution in [0.25, 0.3) is 0 Å². The molecule has 1 rings (SSSR count). The van der Waals surface area contributed by atoms with Crippen LogP contribution in [-0.2, 0) is 4.79 Å². The number of Topliss-reactive ketones (excluding diaryl/α,β-unsaturated/α-hetero) is 1. The predicted molar refractivity (Wildman–Crippen MR) is 60.8 cm³/mol. The number of hydrogen-bond acceptors (Lipinski definition) is 2. The highest BCUT2D eigenvalue weighted by Gasteiger charge is 2.21. The Kier molecular flexibility index (Phi) is 4.50. The molecule has 1 aromatic rings. The van der Waals surface area contributed by atoms with E-state index in [0.29, 0.717) is 6.42 Å². The molecule has 0 bridgehead atoms. The summed E-state index contributed by atoms with van der Waals surface area (Å²) in [6, 6.07) is 9.57. The molecule has 15 heavy (non-hydrogen) atoms. The van der Waals surface area contributed by atoms with E-state index in [9.17, 15) is 9.90 Å². The van der Waals surface area contributed by atoms with Crippen molar-refractivity contribution < 1.29 is 9.90 Å². The molecule has 0 amide bonds. The van der Waals surface area contributed by atoms with Crippen molar-refractivity contribution in [3.8, 4) is 0 Å². The second-order valence-corrected chi connectivity index (χ2v) is 3.84. The van der Waals surface area contributed by atoms with Crippen molar-refractivity contribution >= 4 is 5.78 Å². The van der Waals surface area contributed by atoms with Crippen molar-refractivity contribution in [2.45, 2.75) is 38.7 Å². The molecule has 0 radical (unpaired) electrons. The number of ketones is 1. The fourth-order valence-corrected chi connectivity index (χ4v) is 1.61. The topological polar surface area (TPSA) is 37.3 Å². The first kappa shape index (κ1) is 11.9. The van der Waals surface area contributed by atoms with Crippen molar-refractivity contribution in [1.29, 1.82) is 0 Å². The average Bonchev–Trinajstić information content (AvgIpc) is 2.28. The van der Waals surface area contributed by atoms with Gasteiger partial charge in [-0.3, -0.25) is 4.79 Å². The number of carbonyl (C=O) groups excluding carboxylic acids is 1. The van der Waals surface area contributed by atoms with Gasteiger partial charge in [-0.1, -0.05) is 50.6 Å². The van der Waals surface area contributed by atoms with Crippen LogP contribution in [0.3, 0.4) is 0 Å². The minimum absolute atomic E-state index is 0.0805. The average molecular weight is 206 g/mol. The Hall–Kier alpha value is -1.15. The van der Waals surface area contributed by atoms with Crippen molar-refractivity contribution in [3.63, 3.8) is 0 Å². The molecular formula is C13H18O2. The smallest absolute Gasteiger partial charge is 0.168 e. The second-order valence-electron chi connectivity index (χ2n) is 3.84. The molecule has 82 valence electrons. The Morgan fingerprint density at radius 2 is 1.93 bits per heavy atom. The lowest BCUT2D eigenvalue weighted by Gasteiger charge is -2.14. The summed E-state index contributed by atoms with van der Waals surface area (Å²) >= 11 is 0. The quantitative estimate of drug-likeness (QED) is 0.803. The Labute approximate surface area is 90.9 Å². The molecule has 2 heteroatoms. The first-order valence-corrected chi connectivity index (χ1v) is 5.43. The molecule has 1 aromatic carbocycles. The van der Waals surface area contributed by atoms with Gasteiger partial charge < -0.3 is 5.11 Å². The molecule has 2 atom stereocenters. The molecule has 2 unspecified atom stereocenters. The Balaban J connectivity index is 2.69. The number of aliphatic hydroxyl groups is 1. The molecule has 0 aliphatic heterocycles.